The quantitative estimate of drug-likeness (QED) is 0.618. The molecule has 1 aliphatic heterocycles. The van der Waals surface area contributed by atoms with Crippen molar-refractivity contribution in [3.05, 3.63) is 12.4 Å². The Morgan fingerprint density at radius 3 is 2.55 bits per heavy atom. The summed E-state index contributed by atoms with van der Waals surface area (Å²) in [4.78, 5) is 4.53. The number of hydrogen-bond acceptors (Lipinski definition) is 2. The first-order chi connectivity index (χ1) is 4.83. The number of nitrogens with zero attached hydrogens (tertiary/aromatic N) is 2. The largest absolute Gasteiger partial charge is 0.362 e. The van der Waals surface area contributed by atoms with Gasteiger partial charge in [-0.2, -0.15) is 0 Å². The second-order valence-corrected chi connectivity index (χ2v) is 2.86. The normalized spacial score (nSPS) is 15.5. The van der Waals surface area contributed by atoms with Gasteiger partial charge in [0.1, 0.15) is 0 Å². The van der Waals surface area contributed by atoms with Crippen molar-refractivity contribution < 1.29 is 21.7 Å². The van der Waals surface area contributed by atoms with E-state index in [2.05, 4.69) is 36.2 Å². The summed E-state index contributed by atoms with van der Waals surface area (Å²) in [5.41, 5.74) is 0. The molecular formula is C8H16N2Ti. The topological polar surface area (TPSA) is 6.48 Å². The Morgan fingerprint density at radius 2 is 2.09 bits per heavy atom. The fourth-order valence-corrected chi connectivity index (χ4v) is 1.10. The molecule has 0 aliphatic carbocycles. The van der Waals surface area contributed by atoms with E-state index in [4.69, 9.17) is 0 Å². The molecule has 0 amide bonds. The van der Waals surface area contributed by atoms with E-state index >= 15 is 0 Å². The molecule has 0 saturated carbocycles. The molecule has 1 rings (SSSR count). The van der Waals surface area contributed by atoms with Crippen LogP contribution in [-0.4, -0.2) is 30.1 Å². The molecule has 0 radical (unpaired) electrons. The molecule has 0 unspecified atom stereocenters. The Hall–Kier alpha value is 0.0543. The van der Waals surface area contributed by atoms with Crippen molar-refractivity contribution in [2.24, 2.45) is 0 Å². The molecule has 1 aliphatic rings. The van der Waals surface area contributed by atoms with Gasteiger partial charge in [0.2, 0.25) is 0 Å². The van der Waals surface area contributed by atoms with Crippen molar-refractivity contribution in [2.45, 2.75) is 19.8 Å². The summed E-state index contributed by atoms with van der Waals surface area (Å²) in [6, 6.07) is 0. The smallest absolute Gasteiger partial charge is 0.0890 e. The Bertz CT molecular complexity index is 125. The van der Waals surface area contributed by atoms with E-state index in [0.717, 1.165) is 6.67 Å². The van der Waals surface area contributed by atoms with Crippen molar-refractivity contribution in [2.75, 3.05) is 20.3 Å². The fourth-order valence-electron chi connectivity index (χ4n) is 1.10. The maximum absolute atomic E-state index is 2.34. The molecule has 11 heavy (non-hydrogen) atoms. The minimum atomic E-state index is 0. The SMILES string of the molecule is CCCCN1C=CN(C)C1.[Ti]. The van der Waals surface area contributed by atoms with Crippen molar-refractivity contribution in [1.82, 2.24) is 9.80 Å². The average Bonchev–Trinajstić information content (AvgIpc) is 2.31. The van der Waals surface area contributed by atoms with Crippen LogP contribution < -0.4 is 0 Å². The molecule has 0 bridgehead atoms. The Kier molecular flexibility index (Phi) is 5.70. The van der Waals surface area contributed by atoms with E-state index in [1.807, 2.05) is 0 Å². The van der Waals surface area contributed by atoms with Crippen molar-refractivity contribution in [3.8, 4) is 0 Å². The summed E-state index contributed by atoms with van der Waals surface area (Å²) in [7, 11) is 2.10. The van der Waals surface area contributed by atoms with Gasteiger partial charge in [-0.25, -0.2) is 0 Å². The molecule has 3 heteroatoms. The number of unbranched alkanes of at least 4 members (excludes halogenated alkanes) is 1. The summed E-state index contributed by atoms with van der Waals surface area (Å²) in [6.45, 7) is 4.50. The maximum atomic E-state index is 2.34. The van der Waals surface area contributed by atoms with Crippen LogP contribution in [0.2, 0.25) is 0 Å². The van der Waals surface area contributed by atoms with Gasteiger partial charge in [0.05, 0.1) is 6.67 Å². The Labute approximate surface area is 84.1 Å². The van der Waals surface area contributed by atoms with Crippen LogP contribution in [0, 0.1) is 0 Å². The third-order valence-electron chi connectivity index (χ3n) is 1.74. The minimum absolute atomic E-state index is 0. The molecule has 62 valence electrons. The van der Waals surface area contributed by atoms with Gasteiger partial charge in [0.25, 0.3) is 0 Å². The number of hydrogen-bond donors (Lipinski definition) is 0. The van der Waals surface area contributed by atoms with Gasteiger partial charge in [-0.1, -0.05) is 13.3 Å². The maximum Gasteiger partial charge on any atom is 0.0890 e. The van der Waals surface area contributed by atoms with Gasteiger partial charge in [-0.15, -0.1) is 0 Å². The number of rotatable bonds is 3. The molecule has 0 N–H and O–H groups in total. The summed E-state index contributed by atoms with van der Waals surface area (Å²) < 4.78 is 0. The standard InChI is InChI=1S/C8H16N2.Ti/c1-3-4-5-10-7-6-9(2)8-10;/h6-7H,3-5,8H2,1-2H3;. The first kappa shape index (κ1) is 11.1. The second kappa shape index (κ2) is 5.67. The molecule has 0 atom stereocenters. The van der Waals surface area contributed by atoms with Crippen molar-refractivity contribution in [1.29, 1.82) is 0 Å². The third kappa shape index (κ3) is 3.83. The second-order valence-electron chi connectivity index (χ2n) is 2.86. The van der Waals surface area contributed by atoms with Crippen LogP contribution in [0.25, 0.3) is 0 Å². The molecule has 0 fully saturated rings. The average molecular weight is 188 g/mol. The predicted octanol–water partition coefficient (Wildman–Crippen LogP) is 1.46. The third-order valence-corrected chi connectivity index (χ3v) is 1.74. The van der Waals surface area contributed by atoms with Crippen LogP contribution in [0.1, 0.15) is 19.8 Å². The van der Waals surface area contributed by atoms with E-state index in [0.29, 0.717) is 0 Å². The van der Waals surface area contributed by atoms with E-state index in [9.17, 15) is 0 Å². The summed E-state index contributed by atoms with van der Waals surface area (Å²) in [5, 5.41) is 0. The summed E-state index contributed by atoms with van der Waals surface area (Å²) in [6.07, 6.45) is 6.87. The Balaban J connectivity index is 0.000001000. The first-order valence-electron chi connectivity index (χ1n) is 3.95. The summed E-state index contributed by atoms with van der Waals surface area (Å²) >= 11 is 0. The van der Waals surface area contributed by atoms with E-state index in [1.165, 1.54) is 19.4 Å². The monoisotopic (exact) mass is 188 g/mol. The molecule has 0 saturated heterocycles. The van der Waals surface area contributed by atoms with Crippen molar-refractivity contribution >= 4 is 0 Å². The predicted molar refractivity (Wildman–Crippen MR) is 43.4 cm³/mol. The van der Waals surface area contributed by atoms with E-state index in [1.54, 1.807) is 0 Å². The van der Waals surface area contributed by atoms with E-state index in [-0.39, 0.29) is 21.7 Å². The van der Waals surface area contributed by atoms with Crippen LogP contribution in [0.15, 0.2) is 12.4 Å². The zero-order chi connectivity index (χ0) is 7.40. The van der Waals surface area contributed by atoms with Gasteiger partial charge < -0.3 is 9.80 Å². The zero-order valence-electron chi connectivity index (χ0n) is 7.38. The molecular weight excluding hydrogens is 172 g/mol. The van der Waals surface area contributed by atoms with Crippen LogP contribution in [-0.2, 0) is 21.7 Å². The van der Waals surface area contributed by atoms with Gasteiger partial charge in [-0.3, -0.25) is 0 Å². The Morgan fingerprint density at radius 1 is 1.36 bits per heavy atom. The van der Waals surface area contributed by atoms with Crippen LogP contribution in [0.5, 0.6) is 0 Å². The van der Waals surface area contributed by atoms with E-state index < -0.39 is 0 Å². The van der Waals surface area contributed by atoms with Crippen LogP contribution >= 0.6 is 0 Å². The fraction of sp³-hybridized carbons (Fsp3) is 0.750. The first-order valence-corrected chi connectivity index (χ1v) is 3.95. The molecule has 0 aromatic rings. The molecule has 0 aromatic carbocycles. The van der Waals surface area contributed by atoms with Crippen molar-refractivity contribution in [3.63, 3.8) is 0 Å². The van der Waals surface area contributed by atoms with Crippen LogP contribution in [0.4, 0.5) is 0 Å². The molecule has 1 heterocycles. The molecule has 2 nitrogen and oxygen atoms in total. The molecule has 0 aromatic heterocycles. The minimum Gasteiger partial charge on any atom is -0.362 e. The van der Waals surface area contributed by atoms with Gasteiger partial charge >= 0.3 is 0 Å². The zero-order valence-corrected chi connectivity index (χ0v) is 8.94. The van der Waals surface area contributed by atoms with Crippen LogP contribution in [0.3, 0.4) is 0 Å². The van der Waals surface area contributed by atoms with Gasteiger partial charge in [0.15, 0.2) is 0 Å². The van der Waals surface area contributed by atoms with Gasteiger partial charge in [0, 0.05) is 47.7 Å². The van der Waals surface area contributed by atoms with Gasteiger partial charge in [-0.05, 0) is 6.42 Å². The summed E-state index contributed by atoms with van der Waals surface area (Å²) in [5.74, 6) is 0. The molecule has 0 spiro atoms.